The van der Waals surface area contributed by atoms with Crippen LogP contribution in [0.2, 0.25) is 0 Å². The summed E-state index contributed by atoms with van der Waals surface area (Å²) in [5.41, 5.74) is 4.68. The Morgan fingerprint density at radius 1 is 0.889 bits per heavy atom. The lowest BCUT2D eigenvalue weighted by molar-refractivity contribution is 0.627. The normalized spacial score (nSPS) is 11.2. The van der Waals surface area contributed by atoms with Crippen molar-refractivity contribution < 1.29 is 4.39 Å². The van der Waals surface area contributed by atoms with E-state index in [1.165, 1.54) is 17.7 Å². The molecule has 0 unspecified atom stereocenters. The molecule has 0 aliphatic carbocycles. The molecule has 0 aliphatic rings. The van der Waals surface area contributed by atoms with Crippen molar-refractivity contribution in [2.24, 2.45) is 4.99 Å². The second-order valence-electron chi connectivity index (χ2n) is 6.31. The van der Waals surface area contributed by atoms with Crippen molar-refractivity contribution in [3.63, 3.8) is 0 Å². The summed E-state index contributed by atoms with van der Waals surface area (Å²) in [5.74, 6) is 0.400. The maximum absolute atomic E-state index is 13.4. The number of aliphatic imine (C=N–C) groups is 1. The van der Waals surface area contributed by atoms with Gasteiger partial charge in [0.05, 0.1) is 11.4 Å². The molecule has 4 aromatic rings. The van der Waals surface area contributed by atoms with Gasteiger partial charge >= 0.3 is 0 Å². The fourth-order valence-electron chi connectivity index (χ4n) is 2.82. The third-order valence-corrected chi connectivity index (χ3v) is 4.23. The van der Waals surface area contributed by atoms with Crippen molar-refractivity contribution in [2.45, 2.75) is 6.92 Å². The third kappa shape index (κ3) is 3.85. The molecule has 4 heteroatoms. The Bertz CT molecular complexity index is 1080. The highest BCUT2D eigenvalue weighted by Gasteiger charge is 2.10. The molecule has 27 heavy (non-hydrogen) atoms. The summed E-state index contributed by atoms with van der Waals surface area (Å²) in [4.78, 5) is 4.57. The highest BCUT2D eigenvalue weighted by atomic mass is 19.1. The second-order valence-corrected chi connectivity index (χ2v) is 6.31. The smallest absolute Gasteiger partial charge is 0.156 e. The van der Waals surface area contributed by atoms with Crippen molar-refractivity contribution in [3.8, 4) is 16.9 Å². The molecule has 0 radical (unpaired) electrons. The summed E-state index contributed by atoms with van der Waals surface area (Å²) >= 11 is 0. The number of benzene rings is 3. The molecule has 0 fully saturated rings. The Kier molecular flexibility index (Phi) is 4.62. The van der Waals surface area contributed by atoms with Gasteiger partial charge in [-0.2, -0.15) is 5.10 Å². The van der Waals surface area contributed by atoms with Crippen LogP contribution in [0, 0.1) is 12.7 Å². The number of aryl methyl sites for hydroxylation is 1. The predicted molar refractivity (Wildman–Crippen MR) is 107 cm³/mol. The van der Waals surface area contributed by atoms with Gasteiger partial charge in [-0.05, 0) is 36.8 Å². The number of nitrogens with zero attached hydrogens (tertiary/aromatic N) is 3. The molecule has 0 bridgehead atoms. The zero-order valence-corrected chi connectivity index (χ0v) is 14.9. The lowest BCUT2D eigenvalue weighted by Gasteiger charge is -2.03. The van der Waals surface area contributed by atoms with Crippen LogP contribution in [0.4, 0.5) is 10.2 Å². The lowest BCUT2D eigenvalue weighted by atomic mass is 10.1. The van der Waals surface area contributed by atoms with Crippen LogP contribution in [0.25, 0.3) is 16.9 Å². The summed E-state index contributed by atoms with van der Waals surface area (Å²) in [5, 5.41) is 4.74. The van der Waals surface area contributed by atoms with E-state index in [2.05, 4.69) is 24.0 Å². The van der Waals surface area contributed by atoms with Gasteiger partial charge < -0.3 is 0 Å². The summed E-state index contributed by atoms with van der Waals surface area (Å²) in [6, 6.07) is 26.4. The molecule has 3 nitrogen and oxygen atoms in total. The van der Waals surface area contributed by atoms with Crippen LogP contribution in [-0.2, 0) is 0 Å². The van der Waals surface area contributed by atoms with E-state index in [4.69, 9.17) is 5.10 Å². The largest absolute Gasteiger partial charge is 0.236 e. The Morgan fingerprint density at radius 2 is 1.67 bits per heavy atom. The van der Waals surface area contributed by atoms with Crippen LogP contribution in [0.3, 0.4) is 0 Å². The molecule has 132 valence electrons. The Labute approximate surface area is 157 Å². The van der Waals surface area contributed by atoms with Gasteiger partial charge in [0.15, 0.2) is 5.82 Å². The van der Waals surface area contributed by atoms with Crippen LogP contribution in [0.15, 0.2) is 89.9 Å². The minimum atomic E-state index is -0.282. The Morgan fingerprint density at radius 3 is 2.41 bits per heavy atom. The van der Waals surface area contributed by atoms with Crippen molar-refractivity contribution in [3.05, 3.63) is 102 Å². The van der Waals surface area contributed by atoms with Gasteiger partial charge in [-0.15, -0.1) is 0 Å². The van der Waals surface area contributed by atoms with Crippen LogP contribution in [-0.4, -0.2) is 16.0 Å². The molecule has 0 saturated carbocycles. The average Bonchev–Trinajstić information content (AvgIpc) is 3.12. The number of para-hydroxylation sites is 1. The fraction of sp³-hybridized carbons (Fsp3) is 0.0435. The number of aromatic nitrogens is 2. The van der Waals surface area contributed by atoms with E-state index in [0.717, 1.165) is 16.9 Å². The fourth-order valence-corrected chi connectivity index (χ4v) is 2.82. The van der Waals surface area contributed by atoms with E-state index < -0.39 is 0 Å². The minimum Gasteiger partial charge on any atom is -0.236 e. The standard InChI is InChI=1S/C23H18FN3/c1-17-10-12-19(13-11-17)22-15-23(25-16-18-6-5-7-20(24)14-18)27(26-22)21-8-3-2-4-9-21/h2-16H,1H3/b25-16+. The topological polar surface area (TPSA) is 30.2 Å². The van der Waals surface area contributed by atoms with Crippen molar-refractivity contribution in [1.82, 2.24) is 9.78 Å². The van der Waals surface area contributed by atoms with E-state index in [1.807, 2.05) is 54.6 Å². The molecule has 0 N–H and O–H groups in total. The first-order chi connectivity index (χ1) is 13.2. The first-order valence-corrected chi connectivity index (χ1v) is 8.71. The first kappa shape index (κ1) is 16.9. The van der Waals surface area contributed by atoms with Gasteiger partial charge in [-0.3, -0.25) is 0 Å². The molecule has 0 aliphatic heterocycles. The van der Waals surface area contributed by atoms with E-state index in [-0.39, 0.29) is 5.82 Å². The molecule has 0 atom stereocenters. The summed E-state index contributed by atoms with van der Waals surface area (Å²) in [7, 11) is 0. The van der Waals surface area contributed by atoms with Crippen LogP contribution >= 0.6 is 0 Å². The highest BCUT2D eigenvalue weighted by molar-refractivity contribution is 5.82. The van der Waals surface area contributed by atoms with E-state index >= 15 is 0 Å². The number of hydrogen-bond acceptors (Lipinski definition) is 2. The molecule has 0 saturated heterocycles. The highest BCUT2D eigenvalue weighted by Crippen LogP contribution is 2.27. The van der Waals surface area contributed by atoms with Crippen molar-refractivity contribution >= 4 is 12.0 Å². The van der Waals surface area contributed by atoms with Gasteiger partial charge in [0.25, 0.3) is 0 Å². The molecule has 0 spiro atoms. The SMILES string of the molecule is Cc1ccc(-c2cc(/N=C/c3cccc(F)c3)n(-c3ccccc3)n2)cc1. The maximum Gasteiger partial charge on any atom is 0.156 e. The first-order valence-electron chi connectivity index (χ1n) is 8.71. The molecule has 3 aromatic carbocycles. The second kappa shape index (κ2) is 7.38. The summed E-state index contributed by atoms with van der Waals surface area (Å²) in [6.45, 7) is 2.06. The van der Waals surface area contributed by atoms with E-state index in [1.54, 1.807) is 17.0 Å². The van der Waals surface area contributed by atoms with Gasteiger partial charge in [-0.25, -0.2) is 14.1 Å². The molecular weight excluding hydrogens is 337 g/mol. The Balaban J connectivity index is 1.77. The van der Waals surface area contributed by atoms with Gasteiger partial charge in [0.1, 0.15) is 5.82 Å². The van der Waals surface area contributed by atoms with E-state index in [9.17, 15) is 4.39 Å². The zero-order chi connectivity index (χ0) is 18.6. The molecular formula is C23H18FN3. The number of hydrogen-bond donors (Lipinski definition) is 0. The van der Waals surface area contributed by atoms with Gasteiger partial charge in [0.2, 0.25) is 0 Å². The monoisotopic (exact) mass is 355 g/mol. The van der Waals surface area contributed by atoms with E-state index in [0.29, 0.717) is 11.4 Å². The number of halogens is 1. The molecule has 1 heterocycles. The minimum absolute atomic E-state index is 0.282. The lowest BCUT2D eigenvalue weighted by Crippen LogP contribution is -1.96. The number of rotatable bonds is 4. The quantitative estimate of drug-likeness (QED) is 0.430. The molecule has 1 aromatic heterocycles. The third-order valence-electron chi connectivity index (χ3n) is 4.23. The van der Waals surface area contributed by atoms with Crippen molar-refractivity contribution in [2.75, 3.05) is 0 Å². The summed E-state index contributed by atoms with van der Waals surface area (Å²) in [6.07, 6.45) is 1.65. The molecule has 4 rings (SSSR count). The average molecular weight is 355 g/mol. The van der Waals surface area contributed by atoms with Crippen LogP contribution in [0.5, 0.6) is 0 Å². The van der Waals surface area contributed by atoms with Crippen LogP contribution in [0.1, 0.15) is 11.1 Å². The van der Waals surface area contributed by atoms with Crippen LogP contribution < -0.4 is 0 Å². The maximum atomic E-state index is 13.4. The van der Waals surface area contributed by atoms with Gasteiger partial charge in [-0.1, -0.05) is 60.2 Å². The van der Waals surface area contributed by atoms with Gasteiger partial charge in [0, 0.05) is 17.8 Å². The predicted octanol–water partition coefficient (Wildman–Crippen LogP) is 5.74. The molecule has 0 amide bonds. The summed E-state index contributed by atoms with van der Waals surface area (Å²) < 4.78 is 15.2. The zero-order valence-electron chi connectivity index (χ0n) is 14.9. The Hall–Kier alpha value is -3.53. The van der Waals surface area contributed by atoms with Crippen molar-refractivity contribution in [1.29, 1.82) is 0 Å².